The van der Waals surface area contributed by atoms with Gasteiger partial charge in [-0.3, -0.25) is 14.4 Å². The zero-order valence-electron chi connectivity index (χ0n) is 13.2. The molecule has 130 valence electrons. The van der Waals surface area contributed by atoms with Crippen LogP contribution in [0, 0.1) is 11.2 Å². The van der Waals surface area contributed by atoms with E-state index in [9.17, 15) is 23.9 Å². The first-order valence-electron chi connectivity index (χ1n) is 7.50. The number of amides is 2. The van der Waals surface area contributed by atoms with Gasteiger partial charge in [0.1, 0.15) is 5.82 Å². The summed E-state index contributed by atoms with van der Waals surface area (Å²) >= 11 is 0. The van der Waals surface area contributed by atoms with Crippen LogP contribution in [-0.2, 0) is 14.3 Å². The van der Waals surface area contributed by atoms with Crippen LogP contribution >= 0.6 is 0 Å². The van der Waals surface area contributed by atoms with E-state index >= 15 is 0 Å². The maximum atomic E-state index is 13.9. The van der Waals surface area contributed by atoms with Crippen molar-refractivity contribution in [1.82, 2.24) is 5.32 Å². The molecule has 8 heteroatoms. The molecule has 1 fully saturated rings. The van der Waals surface area contributed by atoms with Crippen molar-refractivity contribution in [2.75, 3.05) is 25.1 Å². The second-order valence-corrected chi connectivity index (χ2v) is 5.76. The summed E-state index contributed by atoms with van der Waals surface area (Å²) in [5, 5.41) is 14.4. The summed E-state index contributed by atoms with van der Waals surface area (Å²) in [6.45, 7) is 1.78. The third-order valence-corrected chi connectivity index (χ3v) is 4.02. The molecule has 1 saturated heterocycles. The largest absolute Gasteiger partial charge is 0.481 e. The summed E-state index contributed by atoms with van der Waals surface area (Å²) < 4.78 is 19.0. The Morgan fingerprint density at radius 3 is 2.54 bits per heavy atom. The van der Waals surface area contributed by atoms with Crippen molar-refractivity contribution in [3.05, 3.63) is 29.6 Å². The molecule has 24 heavy (non-hydrogen) atoms. The van der Waals surface area contributed by atoms with Gasteiger partial charge in [0.2, 0.25) is 5.91 Å². The number of ether oxygens (including phenoxy) is 1. The summed E-state index contributed by atoms with van der Waals surface area (Å²) in [6, 6.07) is 3.62. The fraction of sp³-hybridized carbons (Fsp3) is 0.438. The van der Waals surface area contributed by atoms with Gasteiger partial charge in [-0.25, -0.2) is 4.39 Å². The van der Waals surface area contributed by atoms with Crippen LogP contribution in [-0.4, -0.2) is 42.6 Å². The fourth-order valence-electron chi connectivity index (χ4n) is 2.55. The average Bonchev–Trinajstić information content (AvgIpc) is 2.54. The molecule has 0 atom stereocenters. The number of carboxylic acids is 1. The number of hydrogen-bond donors (Lipinski definition) is 3. The Labute approximate surface area is 138 Å². The number of carbonyl (C=O) groups excluding carboxylic acids is 2. The van der Waals surface area contributed by atoms with Gasteiger partial charge in [0.15, 0.2) is 0 Å². The first kappa shape index (κ1) is 17.9. The van der Waals surface area contributed by atoms with Crippen molar-refractivity contribution < 1.29 is 28.6 Å². The number of benzene rings is 1. The third kappa shape index (κ3) is 4.08. The Bertz CT molecular complexity index is 656. The van der Waals surface area contributed by atoms with Gasteiger partial charge in [-0.1, -0.05) is 0 Å². The Morgan fingerprint density at radius 2 is 1.96 bits per heavy atom. The van der Waals surface area contributed by atoms with Crippen LogP contribution in [0.2, 0.25) is 0 Å². The molecule has 1 aromatic rings. The highest BCUT2D eigenvalue weighted by Crippen LogP contribution is 2.30. The fourth-order valence-corrected chi connectivity index (χ4v) is 2.55. The number of carbonyl (C=O) groups is 3. The van der Waals surface area contributed by atoms with Crippen LogP contribution in [0.25, 0.3) is 0 Å². The second-order valence-electron chi connectivity index (χ2n) is 5.76. The van der Waals surface area contributed by atoms with Gasteiger partial charge < -0.3 is 20.5 Å². The Morgan fingerprint density at radius 1 is 1.29 bits per heavy atom. The highest BCUT2D eigenvalue weighted by molar-refractivity contribution is 5.97. The average molecular weight is 338 g/mol. The van der Waals surface area contributed by atoms with Gasteiger partial charge in [0.25, 0.3) is 5.91 Å². The van der Waals surface area contributed by atoms with E-state index in [1.807, 2.05) is 0 Å². The molecule has 0 radical (unpaired) electrons. The summed E-state index contributed by atoms with van der Waals surface area (Å²) in [5.41, 5.74) is -1.08. The van der Waals surface area contributed by atoms with E-state index in [0.29, 0.717) is 13.2 Å². The predicted octanol–water partition coefficient (Wildman–Crippen LogP) is 1.40. The molecular weight excluding hydrogens is 319 g/mol. The highest BCUT2D eigenvalue weighted by Gasteiger charge is 2.40. The number of anilines is 1. The van der Waals surface area contributed by atoms with Crippen LogP contribution in [0.15, 0.2) is 18.2 Å². The van der Waals surface area contributed by atoms with E-state index in [-0.39, 0.29) is 36.5 Å². The molecule has 1 aliphatic rings. The zero-order valence-corrected chi connectivity index (χ0v) is 13.2. The minimum absolute atomic E-state index is 0.117. The molecule has 1 heterocycles. The van der Waals surface area contributed by atoms with Crippen LogP contribution < -0.4 is 10.6 Å². The number of rotatable bonds is 5. The smallest absolute Gasteiger partial charge is 0.311 e. The Kier molecular flexibility index (Phi) is 5.50. The standard InChI is InChI=1S/C16H19FN2O5/c1-10(20)19-11-2-3-13(17)12(8-11)14(21)18-9-16(15(22)23)4-6-24-7-5-16/h2-3,8H,4-7,9H2,1H3,(H,18,21)(H,19,20)(H,22,23). The van der Waals surface area contributed by atoms with Crippen molar-refractivity contribution in [1.29, 1.82) is 0 Å². The molecule has 7 nitrogen and oxygen atoms in total. The molecule has 0 saturated carbocycles. The van der Waals surface area contributed by atoms with Crippen LogP contribution in [0.4, 0.5) is 10.1 Å². The Hall–Kier alpha value is -2.48. The molecule has 1 aromatic carbocycles. The minimum Gasteiger partial charge on any atom is -0.481 e. The SMILES string of the molecule is CC(=O)Nc1ccc(F)c(C(=O)NCC2(C(=O)O)CCOCC2)c1. The first-order valence-corrected chi connectivity index (χ1v) is 7.50. The molecule has 0 unspecified atom stereocenters. The third-order valence-electron chi connectivity index (χ3n) is 4.02. The van der Waals surface area contributed by atoms with Crippen LogP contribution in [0.5, 0.6) is 0 Å². The summed E-state index contributed by atoms with van der Waals surface area (Å²) in [6.07, 6.45) is 0.550. The topological polar surface area (TPSA) is 105 Å². The first-order chi connectivity index (χ1) is 11.3. The number of nitrogens with one attached hydrogen (secondary N) is 2. The van der Waals surface area contributed by atoms with Crippen molar-refractivity contribution in [3.8, 4) is 0 Å². The maximum absolute atomic E-state index is 13.9. The van der Waals surface area contributed by atoms with Crippen molar-refractivity contribution >= 4 is 23.5 Å². The zero-order chi connectivity index (χ0) is 17.7. The number of carboxylic acid groups (broad SMARTS) is 1. The lowest BCUT2D eigenvalue weighted by Gasteiger charge is -2.33. The highest BCUT2D eigenvalue weighted by atomic mass is 19.1. The molecule has 2 rings (SSSR count). The number of hydrogen-bond acceptors (Lipinski definition) is 4. The molecular formula is C16H19FN2O5. The minimum atomic E-state index is -1.11. The summed E-state index contributed by atoms with van der Waals surface area (Å²) in [4.78, 5) is 34.8. The van der Waals surface area contributed by atoms with E-state index in [1.165, 1.54) is 19.1 Å². The van der Waals surface area contributed by atoms with Crippen molar-refractivity contribution in [3.63, 3.8) is 0 Å². The normalized spacial score (nSPS) is 16.2. The summed E-state index contributed by atoms with van der Waals surface area (Å²) in [5.74, 6) is -2.84. The quantitative estimate of drug-likeness (QED) is 0.753. The van der Waals surface area contributed by atoms with Gasteiger partial charge in [-0.05, 0) is 31.0 Å². The lowest BCUT2D eigenvalue weighted by atomic mass is 9.80. The summed E-state index contributed by atoms with van der Waals surface area (Å²) in [7, 11) is 0. The van der Waals surface area contributed by atoms with Gasteiger partial charge in [-0.2, -0.15) is 0 Å². The van der Waals surface area contributed by atoms with E-state index < -0.39 is 23.1 Å². The number of aliphatic carboxylic acids is 1. The molecule has 0 spiro atoms. The second kappa shape index (κ2) is 7.39. The van der Waals surface area contributed by atoms with Gasteiger partial charge >= 0.3 is 5.97 Å². The van der Waals surface area contributed by atoms with E-state index in [4.69, 9.17) is 4.74 Å². The van der Waals surface area contributed by atoms with E-state index in [0.717, 1.165) is 6.07 Å². The van der Waals surface area contributed by atoms with Crippen LogP contribution in [0.3, 0.4) is 0 Å². The lowest BCUT2D eigenvalue weighted by molar-refractivity contribution is -0.154. The van der Waals surface area contributed by atoms with Crippen LogP contribution in [0.1, 0.15) is 30.1 Å². The molecule has 0 aliphatic carbocycles. The lowest BCUT2D eigenvalue weighted by Crippen LogP contribution is -2.46. The monoisotopic (exact) mass is 338 g/mol. The predicted molar refractivity (Wildman–Crippen MR) is 83.2 cm³/mol. The molecule has 0 bridgehead atoms. The van der Waals surface area contributed by atoms with Crippen molar-refractivity contribution in [2.24, 2.45) is 5.41 Å². The van der Waals surface area contributed by atoms with Gasteiger partial charge in [0.05, 0.1) is 11.0 Å². The maximum Gasteiger partial charge on any atom is 0.311 e. The number of halogens is 1. The van der Waals surface area contributed by atoms with Gasteiger partial charge in [-0.15, -0.1) is 0 Å². The van der Waals surface area contributed by atoms with Crippen molar-refractivity contribution in [2.45, 2.75) is 19.8 Å². The van der Waals surface area contributed by atoms with E-state index in [1.54, 1.807) is 0 Å². The molecule has 0 aromatic heterocycles. The molecule has 1 aliphatic heterocycles. The molecule has 2 amide bonds. The van der Waals surface area contributed by atoms with E-state index in [2.05, 4.69) is 10.6 Å². The van der Waals surface area contributed by atoms with Gasteiger partial charge in [0, 0.05) is 32.4 Å². The Balaban J connectivity index is 2.11. The molecule has 3 N–H and O–H groups in total.